The number of halogens is 1. The molecule has 0 spiro atoms. The number of rotatable bonds is 26. The SMILES string of the molecule is CCCCCCN(CCCN[C@@H](CCc1ccc(CCCCNC(=N)NC(=O)c2nc(Cl)c(N)nc2N)cc1)C(N)=O)C[C@H](O)C[C@H](O)[C@H](O)CO. The van der Waals surface area contributed by atoms with Crippen LogP contribution in [-0.2, 0) is 17.6 Å². The number of aliphatic hydroxyl groups is 4. The number of carbonyl (C=O) groups is 2. The summed E-state index contributed by atoms with van der Waals surface area (Å²) in [6.07, 6.45) is 5.38. The third-order valence-electron chi connectivity index (χ3n) is 8.62. The Bertz CT molecular complexity index is 1370. The van der Waals surface area contributed by atoms with Gasteiger partial charge in [-0.1, -0.05) is 62.1 Å². The molecule has 2 aromatic rings. The molecule has 0 fully saturated rings. The molecule has 0 aliphatic rings. The Morgan fingerprint density at radius 3 is 2.23 bits per heavy atom. The van der Waals surface area contributed by atoms with Gasteiger partial charge in [0, 0.05) is 19.5 Å². The van der Waals surface area contributed by atoms with E-state index in [9.17, 15) is 24.9 Å². The zero-order valence-electron chi connectivity index (χ0n) is 30.2. The Morgan fingerprint density at radius 1 is 0.904 bits per heavy atom. The van der Waals surface area contributed by atoms with Gasteiger partial charge >= 0.3 is 0 Å². The normalized spacial score (nSPS) is 13.8. The van der Waals surface area contributed by atoms with Crippen molar-refractivity contribution < 1.29 is 30.0 Å². The lowest BCUT2D eigenvalue weighted by Gasteiger charge is -2.27. The molecule has 1 aromatic carbocycles. The number of primary amides is 1. The number of benzene rings is 1. The molecule has 0 saturated heterocycles. The Labute approximate surface area is 311 Å². The molecule has 52 heavy (non-hydrogen) atoms. The van der Waals surface area contributed by atoms with E-state index in [0.29, 0.717) is 39.0 Å². The Balaban J connectivity index is 1.71. The van der Waals surface area contributed by atoms with Gasteiger partial charge in [-0.25, -0.2) is 9.97 Å². The predicted octanol–water partition coefficient (Wildman–Crippen LogP) is 0.685. The Morgan fingerprint density at radius 2 is 1.58 bits per heavy atom. The second kappa shape index (κ2) is 24.6. The van der Waals surface area contributed by atoms with Gasteiger partial charge in [0.25, 0.3) is 5.91 Å². The second-order valence-corrected chi connectivity index (χ2v) is 13.4. The Kier molecular flexibility index (Phi) is 21.0. The van der Waals surface area contributed by atoms with Crippen molar-refractivity contribution >= 4 is 41.0 Å². The van der Waals surface area contributed by atoms with Crippen LogP contribution in [0, 0.1) is 5.41 Å². The summed E-state index contributed by atoms with van der Waals surface area (Å²) in [7, 11) is 0. The molecule has 0 radical (unpaired) electrons. The lowest BCUT2D eigenvalue weighted by molar-refractivity contribution is -0.120. The van der Waals surface area contributed by atoms with Gasteiger partial charge < -0.3 is 53.2 Å². The second-order valence-electron chi connectivity index (χ2n) is 13.0. The molecule has 17 heteroatoms. The molecular weight excluding hydrogens is 692 g/mol. The molecule has 2 rings (SSSR count). The molecule has 0 unspecified atom stereocenters. The number of aryl methyl sites for hydroxylation is 2. The predicted molar refractivity (Wildman–Crippen MR) is 203 cm³/mol. The van der Waals surface area contributed by atoms with E-state index in [1.165, 1.54) is 0 Å². The van der Waals surface area contributed by atoms with Crippen molar-refractivity contribution in [1.29, 1.82) is 5.41 Å². The maximum absolute atomic E-state index is 12.3. The first-order valence-corrected chi connectivity index (χ1v) is 18.4. The number of nitrogens with zero attached hydrogens (tertiary/aromatic N) is 3. The fourth-order valence-corrected chi connectivity index (χ4v) is 5.71. The van der Waals surface area contributed by atoms with Gasteiger partial charge in [0.15, 0.2) is 28.4 Å². The number of hydrogen-bond acceptors (Lipinski definition) is 13. The molecule has 2 amide bonds. The maximum atomic E-state index is 12.3. The highest BCUT2D eigenvalue weighted by molar-refractivity contribution is 6.31. The smallest absolute Gasteiger partial charge is 0.280 e. The average Bonchev–Trinajstić information content (AvgIpc) is 3.10. The van der Waals surface area contributed by atoms with Crippen LogP contribution in [0.15, 0.2) is 24.3 Å². The molecule has 0 saturated carbocycles. The minimum absolute atomic E-state index is 0.0281. The van der Waals surface area contributed by atoms with Crippen molar-refractivity contribution in [3.05, 3.63) is 46.2 Å². The summed E-state index contributed by atoms with van der Waals surface area (Å²) in [6.45, 7) is 4.44. The highest BCUT2D eigenvalue weighted by Gasteiger charge is 2.22. The van der Waals surface area contributed by atoms with Crippen LogP contribution in [0.5, 0.6) is 0 Å². The van der Waals surface area contributed by atoms with Gasteiger partial charge in [0.2, 0.25) is 5.91 Å². The van der Waals surface area contributed by atoms with Crippen molar-refractivity contribution in [3.63, 3.8) is 0 Å². The van der Waals surface area contributed by atoms with Crippen LogP contribution in [0.3, 0.4) is 0 Å². The molecule has 4 atom stereocenters. The Hall–Kier alpha value is -3.64. The number of carbonyl (C=O) groups excluding carboxylic acids is 2. The number of amides is 2. The number of unbranched alkanes of at least 4 members (excludes halogenated alkanes) is 4. The molecule has 14 N–H and O–H groups in total. The van der Waals surface area contributed by atoms with E-state index >= 15 is 0 Å². The van der Waals surface area contributed by atoms with Crippen molar-refractivity contribution in [1.82, 2.24) is 30.8 Å². The van der Waals surface area contributed by atoms with Crippen LogP contribution >= 0.6 is 11.6 Å². The molecule has 292 valence electrons. The third kappa shape index (κ3) is 17.3. The van der Waals surface area contributed by atoms with E-state index in [1.807, 2.05) is 12.1 Å². The van der Waals surface area contributed by atoms with Gasteiger partial charge in [-0.2, -0.15) is 0 Å². The summed E-state index contributed by atoms with van der Waals surface area (Å²) < 4.78 is 0. The molecule has 1 heterocycles. The number of anilines is 2. The summed E-state index contributed by atoms with van der Waals surface area (Å²) in [5.74, 6) is -1.60. The number of nitrogens with two attached hydrogens (primary N) is 3. The molecule has 1 aromatic heterocycles. The lowest BCUT2D eigenvalue weighted by atomic mass is 10.0. The summed E-state index contributed by atoms with van der Waals surface area (Å²) in [4.78, 5) is 34.2. The highest BCUT2D eigenvalue weighted by Crippen LogP contribution is 2.17. The number of aromatic nitrogens is 2. The minimum Gasteiger partial charge on any atom is -0.394 e. The summed E-state index contributed by atoms with van der Waals surface area (Å²) in [5.41, 5.74) is 19.0. The van der Waals surface area contributed by atoms with E-state index in [4.69, 9.17) is 39.3 Å². The average molecular weight is 751 g/mol. The van der Waals surface area contributed by atoms with Crippen molar-refractivity contribution in [3.8, 4) is 0 Å². The summed E-state index contributed by atoms with van der Waals surface area (Å²) in [6, 6.07) is 7.74. The first-order valence-electron chi connectivity index (χ1n) is 18.0. The highest BCUT2D eigenvalue weighted by atomic mass is 35.5. The fraction of sp³-hybridized carbons (Fsp3) is 0.629. The zero-order valence-corrected chi connectivity index (χ0v) is 31.0. The van der Waals surface area contributed by atoms with E-state index in [2.05, 4.69) is 49.9 Å². The van der Waals surface area contributed by atoms with Crippen LogP contribution in [-0.4, -0.2) is 117 Å². The largest absolute Gasteiger partial charge is 0.394 e. The van der Waals surface area contributed by atoms with Crippen LogP contribution in [0.1, 0.15) is 86.3 Å². The zero-order chi connectivity index (χ0) is 38.5. The third-order valence-corrected chi connectivity index (χ3v) is 8.90. The number of aliphatic hydroxyl groups excluding tert-OH is 4. The van der Waals surface area contributed by atoms with E-state index in [1.54, 1.807) is 0 Å². The molecule has 0 aliphatic carbocycles. The quantitative estimate of drug-likeness (QED) is 0.0359. The minimum atomic E-state index is -1.28. The lowest BCUT2D eigenvalue weighted by Crippen LogP contribution is -2.43. The van der Waals surface area contributed by atoms with Gasteiger partial charge in [-0.05, 0) is 75.7 Å². The van der Waals surface area contributed by atoms with Crippen molar-refractivity contribution in [2.24, 2.45) is 5.73 Å². The van der Waals surface area contributed by atoms with Crippen molar-refractivity contribution in [2.75, 3.05) is 50.8 Å². The van der Waals surface area contributed by atoms with Crippen LogP contribution in [0.2, 0.25) is 5.15 Å². The van der Waals surface area contributed by atoms with Gasteiger partial charge in [0.1, 0.15) is 6.10 Å². The standard InChI is InChI=1S/C35H59ClN10O6/c1-2-3-4-7-18-46(21-25(48)20-27(49)28(50)22-47)19-8-17-41-26(33(39)51)15-14-24-12-10-23(11-13-24)9-5-6-16-42-35(40)45-34(52)29-31(37)44-32(38)30(36)43-29/h10-13,25-28,41,47-50H,2-9,14-22H2,1H3,(H2,39,51)(H4,37,38,44)(H3,40,42,45,52)/t25-,26+,27+,28-/m1/s1. The summed E-state index contributed by atoms with van der Waals surface area (Å²) >= 11 is 5.81. The van der Waals surface area contributed by atoms with Gasteiger partial charge in [-0.15, -0.1) is 0 Å². The van der Waals surface area contributed by atoms with Crippen LogP contribution in [0.4, 0.5) is 11.6 Å². The molecule has 0 aliphatic heterocycles. The molecular formula is C35H59ClN10O6. The topological polar surface area (TPSA) is 282 Å². The molecule has 0 bridgehead atoms. The van der Waals surface area contributed by atoms with E-state index in [0.717, 1.165) is 69.0 Å². The maximum Gasteiger partial charge on any atom is 0.280 e. The number of nitrogens with one attached hydrogen (secondary N) is 4. The first-order chi connectivity index (χ1) is 24.8. The van der Waals surface area contributed by atoms with Gasteiger partial charge in [-0.3, -0.25) is 20.3 Å². The number of nitrogen functional groups attached to an aromatic ring is 2. The summed E-state index contributed by atoms with van der Waals surface area (Å²) in [5, 5.41) is 55.5. The van der Waals surface area contributed by atoms with Crippen LogP contribution in [0.25, 0.3) is 0 Å². The van der Waals surface area contributed by atoms with E-state index < -0.39 is 42.8 Å². The van der Waals surface area contributed by atoms with E-state index in [-0.39, 0.29) is 34.9 Å². The van der Waals surface area contributed by atoms with Crippen molar-refractivity contribution in [2.45, 2.75) is 102 Å². The number of guanidine groups is 1. The monoisotopic (exact) mass is 750 g/mol. The van der Waals surface area contributed by atoms with Crippen LogP contribution < -0.4 is 33.2 Å². The number of hydrogen-bond donors (Lipinski definition) is 11. The molecule has 16 nitrogen and oxygen atoms in total. The first kappa shape index (κ1) is 44.5. The van der Waals surface area contributed by atoms with Gasteiger partial charge in [0.05, 0.1) is 24.9 Å². The fourth-order valence-electron chi connectivity index (χ4n) is 5.59.